The van der Waals surface area contributed by atoms with Gasteiger partial charge in [0.05, 0.1) is 24.0 Å². The Hall–Kier alpha value is -4.16. The van der Waals surface area contributed by atoms with Crippen LogP contribution < -0.4 is 0 Å². The van der Waals surface area contributed by atoms with Crippen LogP contribution in [0.2, 0.25) is 0 Å². The number of nitrogens with zero attached hydrogens (tertiary/aromatic N) is 2. The molecule has 0 atom stereocenters. The first kappa shape index (κ1) is 53.2. The molecule has 0 amide bonds. The van der Waals surface area contributed by atoms with E-state index in [0.717, 1.165) is 105 Å². The van der Waals surface area contributed by atoms with Crippen molar-refractivity contribution in [2.24, 2.45) is 23.7 Å². The van der Waals surface area contributed by atoms with E-state index in [-0.39, 0.29) is 88.9 Å². The normalized spacial score (nSPS) is 11.8. The van der Waals surface area contributed by atoms with E-state index in [1.165, 1.54) is 22.9 Å². The maximum Gasteiger partial charge on any atom is 0.162 e. The number of benzene rings is 2. The summed E-state index contributed by atoms with van der Waals surface area (Å²) in [6, 6.07) is 22.7. The molecule has 5 heterocycles. The van der Waals surface area contributed by atoms with Gasteiger partial charge in [-0.3, -0.25) is 9.59 Å². The number of fused-ring (bicyclic) bond motifs is 5. The number of allylic oxidation sites excluding steroid dienone is 4. The van der Waals surface area contributed by atoms with Crippen LogP contribution in [0.4, 0.5) is 0 Å². The zero-order valence-corrected chi connectivity index (χ0v) is 42.9. The molecular weight excluding hydrogens is 1170 g/mol. The molecule has 0 unspecified atom stereocenters. The number of hydrogen-bond donors (Lipinski definition) is 2. The van der Waals surface area contributed by atoms with Crippen LogP contribution in [0.25, 0.3) is 64.6 Å². The van der Waals surface area contributed by atoms with E-state index in [9.17, 15) is 19.8 Å². The third-order valence-electron chi connectivity index (χ3n) is 11.7. The molecule has 8 nitrogen and oxygen atoms in total. The summed E-state index contributed by atoms with van der Waals surface area (Å²) in [6.07, 6.45) is 16.9. The van der Waals surface area contributed by atoms with Crippen LogP contribution in [0.15, 0.2) is 106 Å². The van der Waals surface area contributed by atoms with Crippen molar-refractivity contribution in [2.75, 3.05) is 0 Å². The van der Waals surface area contributed by atoms with Crippen LogP contribution in [-0.4, -0.2) is 31.7 Å². The second-order valence-electron chi connectivity index (χ2n) is 15.3. The summed E-state index contributed by atoms with van der Waals surface area (Å²) in [6.45, 7) is 16.1. The molecule has 0 aliphatic rings. The number of aliphatic hydroxyl groups excluding tert-OH is 2. The fourth-order valence-corrected chi connectivity index (χ4v) is 8.94. The van der Waals surface area contributed by atoms with Crippen LogP contribution in [0, 0.1) is 35.8 Å². The van der Waals surface area contributed by atoms with E-state index >= 15 is 0 Å². The fraction of sp³-hybridized carbons (Fsp3) is 0.385. The molecule has 2 N–H and O–H groups in total. The van der Waals surface area contributed by atoms with Crippen molar-refractivity contribution in [1.29, 1.82) is 0 Å². The minimum atomic E-state index is 0. The molecule has 0 saturated carbocycles. The average molecular weight is 1230 g/mol. The van der Waals surface area contributed by atoms with Gasteiger partial charge in [0.15, 0.2) is 11.6 Å². The molecule has 2 aromatic carbocycles. The Balaban J connectivity index is 0.000000283. The molecule has 0 radical (unpaired) electrons. The first-order valence-corrected chi connectivity index (χ1v) is 22.7. The summed E-state index contributed by atoms with van der Waals surface area (Å²) in [7, 11) is 0. The van der Waals surface area contributed by atoms with E-state index < -0.39 is 0 Å². The van der Waals surface area contributed by atoms with Gasteiger partial charge in [-0.25, -0.2) is 11.3 Å². The van der Waals surface area contributed by atoms with E-state index in [4.69, 9.17) is 8.83 Å². The first-order chi connectivity index (χ1) is 29.5. The molecule has 63 heavy (non-hydrogen) atoms. The topological polar surface area (TPSA) is 127 Å². The quantitative estimate of drug-likeness (QED) is 0.0556. The summed E-state index contributed by atoms with van der Waals surface area (Å²) >= 11 is 1.72. The van der Waals surface area contributed by atoms with Crippen LogP contribution in [0.5, 0.6) is 0 Å². The molecule has 0 bridgehead atoms. The van der Waals surface area contributed by atoms with Gasteiger partial charge in [0, 0.05) is 101 Å². The predicted octanol–water partition coefficient (Wildman–Crippen LogP) is 15.0. The number of pyridine rings is 2. The van der Waals surface area contributed by atoms with Gasteiger partial charge < -0.3 is 29.0 Å². The van der Waals surface area contributed by atoms with Crippen molar-refractivity contribution in [3.8, 4) is 22.5 Å². The number of ketones is 2. The van der Waals surface area contributed by atoms with E-state index in [1.807, 2.05) is 104 Å². The smallest absolute Gasteiger partial charge is 0.162 e. The van der Waals surface area contributed by atoms with Crippen LogP contribution >= 0.6 is 11.3 Å². The molecule has 0 fully saturated rings. The molecule has 0 aliphatic heterocycles. The van der Waals surface area contributed by atoms with E-state index in [1.54, 1.807) is 23.9 Å². The number of furan rings is 2. The van der Waals surface area contributed by atoms with Crippen molar-refractivity contribution >= 4 is 65.0 Å². The molecule has 7 rings (SSSR count). The van der Waals surface area contributed by atoms with Gasteiger partial charge >= 0.3 is 0 Å². The van der Waals surface area contributed by atoms with Gasteiger partial charge in [-0.2, -0.15) is 0 Å². The molecule has 11 heteroatoms. The van der Waals surface area contributed by atoms with Crippen molar-refractivity contribution in [1.82, 2.24) is 9.97 Å². The standard InChI is InChI=1S/C26H12N2O2S.2C13H24O2.2Pt/c1-3-17-18-4-2-6-20(22-12-24-16(14-28-22)8-10-30-24)26(18)31-25(17)19(5-1)21-11-23-15(13-27-21)7-9-29-23;2*1-5-10(6-2)12(14)9-13(15)11(7-3)8-4;;/h1-4,7-14H;2*9-11,14H,5-8H2,1-4H3;;/q-2;;;;/b;2*12-9-;;. The molecule has 0 aliphatic carbocycles. The zero-order chi connectivity index (χ0) is 44.1. The Morgan fingerprint density at radius 3 is 1.27 bits per heavy atom. The fourth-order valence-electron chi connectivity index (χ4n) is 7.63. The number of hydrogen-bond acceptors (Lipinski definition) is 9. The molecule has 0 saturated heterocycles. The second-order valence-corrected chi connectivity index (χ2v) is 16.4. The minimum Gasteiger partial charge on any atom is -0.512 e. The van der Waals surface area contributed by atoms with Gasteiger partial charge in [0.25, 0.3) is 0 Å². The number of rotatable bonds is 16. The molecule has 7 aromatic rings. The summed E-state index contributed by atoms with van der Waals surface area (Å²) < 4.78 is 13.4. The number of aliphatic hydroxyl groups is 2. The summed E-state index contributed by atoms with van der Waals surface area (Å²) in [5.74, 6) is 1.09. The van der Waals surface area contributed by atoms with Crippen LogP contribution in [0.3, 0.4) is 0 Å². The molecular formula is C52H60N2O6Pt2S-2. The van der Waals surface area contributed by atoms with Crippen molar-refractivity contribution in [3.05, 3.63) is 109 Å². The third kappa shape index (κ3) is 13.0. The summed E-state index contributed by atoms with van der Waals surface area (Å²) in [4.78, 5) is 32.8. The maximum atomic E-state index is 11.7. The van der Waals surface area contributed by atoms with Gasteiger partial charge in [0.2, 0.25) is 0 Å². The van der Waals surface area contributed by atoms with Crippen molar-refractivity contribution < 1.29 is 70.8 Å². The Bertz CT molecular complexity index is 2410. The van der Waals surface area contributed by atoms with Gasteiger partial charge in [-0.1, -0.05) is 64.8 Å². The first-order valence-electron chi connectivity index (χ1n) is 21.9. The van der Waals surface area contributed by atoms with E-state index in [2.05, 4.69) is 34.2 Å². The number of thiophene rings is 1. The Morgan fingerprint density at radius 1 is 0.587 bits per heavy atom. The van der Waals surface area contributed by atoms with Gasteiger partial charge in [-0.15, -0.1) is 58.3 Å². The van der Waals surface area contributed by atoms with Crippen LogP contribution in [0.1, 0.15) is 107 Å². The molecule has 0 spiro atoms. The Morgan fingerprint density at radius 2 is 0.937 bits per heavy atom. The Kier molecular flexibility index (Phi) is 21.9. The predicted molar refractivity (Wildman–Crippen MR) is 251 cm³/mol. The number of carbonyl (C=O) groups excluding carboxylic acids is 2. The minimum absolute atomic E-state index is 0. The monoisotopic (exact) mass is 1230 g/mol. The summed E-state index contributed by atoms with van der Waals surface area (Å²) in [5.41, 5.74) is 5.28. The van der Waals surface area contributed by atoms with Gasteiger partial charge in [0.1, 0.15) is 11.2 Å². The maximum absolute atomic E-state index is 11.7. The average Bonchev–Trinajstić information content (AvgIpc) is 4.04. The third-order valence-corrected chi connectivity index (χ3v) is 13.0. The van der Waals surface area contributed by atoms with E-state index in [0.29, 0.717) is 0 Å². The number of carbonyl (C=O) groups is 2. The SMILES string of the molecule is CCC(CC)C(=O)/C=C(\O)C(CC)CC.CCC(CC)C(=O)/C=C(\O)C(CC)CC.[Pt].[Pt].[c-]1ccc2c(sc3c(-c4cc5occc5cn4)[c-]ccc32)c1-c1cc2occc2cn1. The number of aromatic nitrogens is 2. The summed E-state index contributed by atoms with van der Waals surface area (Å²) in [5, 5.41) is 23.8. The second kappa shape index (κ2) is 26.0. The van der Waals surface area contributed by atoms with Crippen molar-refractivity contribution in [2.45, 2.75) is 107 Å². The van der Waals surface area contributed by atoms with Crippen molar-refractivity contribution in [3.63, 3.8) is 0 Å². The molecule has 5 aromatic heterocycles. The molecule has 342 valence electrons. The van der Waals surface area contributed by atoms with Gasteiger partial charge in [-0.05, 0) is 87.0 Å². The zero-order valence-electron chi connectivity index (χ0n) is 37.5. The Labute approximate surface area is 405 Å². The largest absolute Gasteiger partial charge is 0.512 e. The van der Waals surface area contributed by atoms with Crippen LogP contribution in [-0.2, 0) is 51.7 Å².